The molecule has 1 aliphatic heterocycles. The molecule has 1 N–H and O–H groups in total. The van der Waals surface area contributed by atoms with E-state index in [1.54, 1.807) is 28.9 Å². The van der Waals surface area contributed by atoms with Crippen molar-refractivity contribution < 1.29 is 9.90 Å². The summed E-state index contributed by atoms with van der Waals surface area (Å²) in [6.45, 7) is 1.38. The highest BCUT2D eigenvalue weighted by Crippen LogP contribution is 2.45. The number of imidazole rings is 1. The molecule has 1 spiro atoms. The fraction of sp³-hybridized carbons (Fsp3) is 0.529. The molecule has 0 unspecified atom stereocenters. The van der Waals surface area contributed by atoms with Gasteiger partial charge in [0.1, 0.15) is 11.3 Å². The molecule has 122 valence electrons. The number of amides is 1. The summed E-state index contributed by atoms with van der Waals surface area (Å²) in [5.74, 6) is -0.0528. The highest BCUT2D eigenvalue weighted by Gasteiger charge is 2.45. The van der Waals surface area contributed by atoms with Gasteiger partial charge in [-0.05, 0) is 37.8 Å². The van der Waals surface area contributed by atoms with E-state index in [0.29, 0.717) is 22.9 Å². The van der Waals surface area contributed by atoms with E-state index < -0.39 is 0 Å². The molecule has 0 radical (unpaired) electrons. The number of likely N-dealkylation sites (tertiary alicyclic amines) is 1. The lowest BCUT2D eigenvalue weighted by Gasteiger charge is -2.42. The highest BCUT2D eigenvalue weighted by atomic mass is 35.5. The van der Waals surface area contributed by atoms with Gasteiger partial charge >= 0.3 is 0 Å². The van der Waals surface area contributed by atoms with Crippen LogP contribution in [0.2, 0.25) is 5.02 Å². The van der Waals surface area contributed by atoms with Gasteiger partial charge in [-0.3, -0.25) is 4.79 Å². The van der Waals surface area contributed by atoms with E-state index in [-0.39, 0.29) is 17.4 Å². The molecule has 1 aliphatic carbocycles. The van der Waals surface area contributed by atoms with Crippen LogP contribution < -0.4 is 0 Å². The molecule has 2 atom stereocenters. The van der Waals surface area contributed by atoms with Crippen molar-refractivity contribution in [2.75, 3.05) is 13.1 Å². The minimum Gasteiger partial charge on any atom is -0.392 e. The first-order chi connectivity index (χ1) is 11.1. The van der Waals surface area contributed by atoms with Crippen LogP contribution in [0.15, 0.2) is 24.5 Å². The number of aromatic nitrogens is 2. The number of nitrogens with zero attached hydrogens (tertiary/aromatic N) is 3. The summed E-state index contributed by atoms with van der Waals surface area (Å²) >= 11 is 5.98. The molecule has 1 saturated heterocycles. The van der Waals surface area contributed by atoms with Crippen LogP contribution in [0.4, 0.5) is 0 Å². The number of pyridine rings is 1. The normalized spacial score (nSPS) is 27.9. The zero-order chi connectivity index (χ0) is 16.0. The third-order valence-electron chi connectivity index (χ3n) is 5.39. The van der Waals surface area contributed by atoms with E-state index in [1.807, 2.05) is 4.90 Å². The van der Waals surface area contributed by atoms with Gasteiger partial charge in [0.25, 0.3) is 5.91 Å². The van der Waals surface area contributed by atoms with Crippen molar-refractivity contribution in [2.24, 2.45) is 5.41 Å². The van der Waals surface area contributed by atoms with Crippen LogP contribution in [0, 0.1) is 5.41 Å². The van der Waals surface area contributed by atoms with Crippen LogP contribution in [0.5, 0.6) is 0 Å². The Kier molecular flexibility index (Phi) is 3.58. The summed E-state index contributed by atoms with van der Waals surface area (Å²) in [5.41, 5.74) is 1.05. The summed E-state index contributed by atoms with van der Waals surface area (Å²) in [5, 5.41) is 11.0. The van der Waals surface area contributed by atoms with Gasteiger partial charge < -0.3 is 14.4 Å². The molecular weight excluding hydrogens is 314 g/mol. The minimum atomic E-state index is -0.280. The van der Waals surface area contributed by atoms with Crippen LogP contribution in [0.3, 0.4) is 0 Å². The van der Waals surface area contributed by atoms with Crippen LogP contribution >= 0.6 is 11.6 Å². The first-order valence-corrected chi connectivity index (χ1v) is 8.57. The number of piperidine rings is 1. The van der Waals surface area contributed by atoms with E-state index in [0.717, 1.165) is 38.6 Å². The summed E-state index contributed by atoms with van der Waals surface area (Å²) in [7, 11) is 0. The smallest absolute Gasteiger partial charge is 0.274 e. The number of carbonyl (C=O) groups excluding carboxylic acids is 1. The monoisotopic (exact) mass is 333 g/mol. The second kappa shape index (κ2) is 5.49. The molecule has 2 aliphatic rings. The molecule has 1 amide bonds. The lowest BCUT2D eigenvalue weighted by atomic mass is 9.76. The fourth-order valence-corrected chi connectivity index (χ4v) is 4.33. The SMILES string of the molecule is O=C(c1cn2cc(Cl)ccc2n1)N1CCC[C@@]2(CCC[C@H]2O)C1. The Morgan fingerprint density at radius 1 is 1.30 bits per heavy atom. The average molecular weight is 334 g/mol. The summed E-state index contributed by atoms with van der Waals surface area (Å²) in [6.07, 6.45) is 8.08. The first kappa shape index (κ1) is 15.0. The van der Waals surface area contributed by atoms with Gasteiger partial charge in [-0.1, -0.05) is 18.0 Å². The number of hydrogen-bond acceptors (Lipinski definition) is 3. The largest absolute Gasteiger partial charge is 0.392 e. The Bertz CT molecular complexity index is 759. The topological polar surface area (TPSA) is 57.8 Å². The van der Waals surface area contributed by atoms with Crippen molar-refractivity contribution in [3.63, 3.8) is 0 Å². The van der Waals surface area contributed by atoms with Gasteiger partial charge in [-0.25, -0.2) is 4.98 Å². The number of halogens is 1. The predicted molar refractivity (Wildman–Crippen MR) is 87.6 cm³/mol. The number of aliphatic hydroxyl groups excluding tert-OH is 1. The Hall–Kier alpha value is -1.59. The van der Waals surface area contributed by atoms with E-state index in [4.69, 9.17) is 11.6 Å². The maximum Gasteiger partial charge on any atom is 0.274 e. The van der Waals surface area contributed by atoms with Crippen LogP contribution in [0.1, 0.15) is 42.6 Å². The van der Waals surface area contributed by atoms with Crippen molar-refractivity contribution in [3.8, 4) is 0 Å². The molecule has 1 saturated carbocycles. The lowest BCUT2D eigenvalue weighted by molar-refractivity contribution is -0.00553. The Morgan fingerprint density at radius 3 is 2.91 bits per heavy atom. The van der Waals surface area contributed by atoms with Gasteiger partial charge in [-0.2, -0.15) is 0 Å². The molecule has 23 heavy (non-hydrogen) atoms. The van der Waals surface area contributed by atoms with E-state index in [1.165, 1.54) is 0 Å². The van der Waals surface area contributed by atoms with Gasteiger partial charge in [0.15, 0.2) is 0 Å². The number of hydrogen-bond donors (Lipinski definition) is 1. The van der Waals surface area contributed by atoms with E-state index >= 15 is 0 Å². The molecule has 6 heteroatoms. The maximum atomic E-state index is 12.8. The number of rotatable bonds is 1. The zero-order valence-electron chi connectivity index (χ0n) is 12.9. The zero-order valence-corrected chi connectivity index (χ0v) is 13.7. The standard InChI is InChI=1S/C17H20ClN3O2/c18-12-4-5-15-19-13(10-21(15)9-12)16(23)20-8-2-7-17(11-20)6-1-3-14(17)22/h4-5,9-10,14,22H,1-3,6-8,11H2/t14-,17+/m1/s1. The Balaban J connectivity index is 1.60. The second-order valence-corrected chi connectivity index (χ2v) is 7.28. The van der Waals surface area contributed by atoms with Gasteiger partial charge in [0, 0.05) is 30.9 Å². The molecule has 2 aromatic rings. The van der Waals surface area contributed by atoms with Crippen molar-refractivity contribution in [1.82, 2.24) is 14.3 Å². The molecule has 0 bridgehead atoms. The molecule has 3 heterocycles. The van der Waals surface area contributed by atoms with Crippen molar-refractivity contribution in [1.29, 1.82) is 0 Å². The fourth-order valence-electron chi connectivity index (χ4n) is 4.16. The van der Waals surface area contributed by atoms with Gasteiger partial charge in [-0.15, -0.1) is 0 Å². The quantitative estimate of drug-likeness (QED) is 0.873. The maximum absolute atomic E-state index is 12.8. The molecule has 4 rings (SSSR count). The summed E-state index contributed by atoms with van der Waals surface area (Å²) in [6, 6.07) is 3.57. The Labute approximate surface area is 139 Å². The minimum absolute atomic E-state index is 0.0528. The molecule has 5 nitrogen and oxygen atoms in total. The molecule has 2 aromatic heterocycles. The van der Waals surface area contributed by atoms with Crippen LogP contribution in [-0.4, -0.2) is 44.5 Å². The highest BCUT2D eigenvalue weighted by molar-refractivity contribution is 6.30. The molecule has 2 fully saturated rings. The number of carbonyl (C=O) groups is 1. The number of aliphatic hydroxyl groups is 1. The third kappa shape index (κ3) is 2.52. The van der Waals surface area contributed by atoms with Crippen molar-refractivity contribution >= 4 is 23.2 Å². The van der Waals surface area contributed by atoms with Gasteiger partial charge in [0.2, 0.25) is 0 Å². The average Bonchev–Trinajstić information content (AvgIpc) is 3.11. The Morgan fingerprint density at radius 2 is 2.13 bits per heavy atom. The summed E-state index contributed by atoms with van der Waals surface area (Å²) < 4.78 is 1.78. The van der Waals surface area contributed by atoms with Crippen molar-refractivity contribution in [3.05, 3.63) is 35.2 Å². The van der Waals surface area contributed by atoms with Gasteiger partial charge in [0.05, 0.1) is 11.1 Å². The second-order valence-electron chi connectivity index (χ2n) is 6.84. The number of fused-ring (bicyclic) bond motifs is 1. The summed E-state index contributed by atoms with van der Waals surface area (Å²) in [4.78, 5) is 19.1. The van der Waals surface area contributed by atoms with Crippen molar-refractivity contribution in [2.45, 2.75) is 38.2 Å². The molecule has 0 aromatic carbocycles. The lowest BCUT2D eigenvalue weighted by Crippen LogP contribution is -2.49. The third-order valence-corrected chi connectivity index (χ3v) is 5.61. The van der Waals surface area contributed by atoms with Crippen LogP contribution in [-0.2, 0) is 0 Å². The van der Waals surface area contributed by atoms with Crippen LogP contribution in [0.25, 0.3) is 5.65 Å². The van der Waals surface area contributed by atoms with E-state index in [9.17, 15) is 9.90 Å². The first-order valence-electron chi connectivity index (χ1n) is 8.19. The molecular formula is C17H20ClN3O2. The van der Waals surface area contributed by atoms with E-state index in [2.05, 4.69) is 4.98 Å². The predicted octanol–water partition coefficient (Wildman–Crippen LogP) is 2.75.